The third kappa shape index (κ3) is 3.64. The highest BCUT2D eigenvalue weighted by molar-refractivity contribution is 4.91. The van der Waals surface area contributed by atoms with Crippen LogP contribution in [0.15, 0.2) is 6.33 Å². The molecule has 2 heterocycles. The van der Waals surface area contributed by atoms with Gasteiger partial charge in [0.25, 0.3) is 0 Å². The van der Waals surface area contributed by atoms with Crippen LogP contribution in [0.25, 0.3) is 0 Å². The van der Waals surface area contributed by atoms with E-state index in [1.165, 1.54) is 38.5 Å². The maximum absolute atomic E-state index is 4.40. The smallest absolute Gasteiger partial charge is 0.140 e. The van der Waals surface area contributed by atoms with Gasteiger partial charge in [-0.1, -0.05) is 19.3 Å². The highest BCUT2D eigenvalue weighted by Crippen LogP contribution is 2.28. The van der Waals surface area contributed by atoms with E-state index in [1.807, 2.05) is 11.7 Å². The number of hydrogen-bond acceptors (Lipinski definition) is 4. The fourth-order valence-electron chi connectivity index (χ4n) is 3.87. The van der Waals surface area contributed by atoms with Crippen molar-refractivity contribution in [3.63, 3.8) is 0 Å². The Hall–Kier alpha value is -0.940. The molecule has 1 aromatic rings. The molecule has 2 atom stereocenters. The van der Waals surface area contributed by atoms with Crippen molar-refractivity contribution in [1.29, 1.82) is 0 Å². The van der Waals surface area contributed by atoms with Crippen molar-refractivity contribution in [1.82, 2.24) is 25.0 Å². The Morgan fingerprint density at radius 2 is 2.05 bits per heavy atom. The Kier molecular flexibility index (Phi) is 4.91. The zero-order chi connectivity index (χ0) is 14.7. The predicted octanol–water partition coefficient (Wildman–Crippen LogP) is 1.95. The molecule has 1 saturated carbocycles. The van der Waals surface area contributed by atoms with Crippen LogP contribution in [0.1, 0.15) is 51.3 Å². The molecule has 2 aliphatic rings. The van der Waals surface area contributed by atoms with Crippen LogP contribution in [0.3, 0.4) is 0 Å². The molecule has 1 aliphatic heterocycles. The second kappa shape index (κ2) is 6.88. The third-order valence-corrected chi connectivity index (χ3v) is 5.39. The highest BCUT2D eigenvalue weighted by atomic mass is 15.3. The van der Waals surface area contributed by atoms with Crippen molar-refractivity contribution in [2.75, 3.05) is 13.1 Å². The molecule has 2 unspecified atom stereocenters. The van der Waals surface area contributed by atoms with Crippen molar-refractivity contribution in [3.05, 3.63) is 12.2 Å². The zero-order valence-corrected chi connectivity index (χ0v) is 13.5. The summed E-state index contributed by atoms with van der Waals surface area (Å²) >= 11 is 0. The normalized spacial score (nSPS) is 29.4. The lowest BCUT2D eigenvalue weighted by Crippen LogP contribution is -2.44. The topological polar surface area (TPSA) is 46.0 Å². The Labute approximate surface area is 128 Å². The molecule has 1 aliphatic carbocycles. The molecule has 1 aromatic heterocycles. The van der Waals surface area contributed by atoms with E-state index in [-0.39, 0.29) is 0 Å². The van der Waals surface area contributed by atoms with Crippen LogP contribution in [0, 0.1) is 5.92 Å². The summed E-state index contributed by atoms with van der Waals surface area (Å²) in [6.07, 6.45) is 9.97. The van der Waals surface area contributed by atoms with E-state index in [1.54, 1.807) is 6.33 Å². The van der Waals surface area contributed by atoms with E-state index in [0.29, 0.717) is 12.1 Å². The summed E-state index contributed by atoms with van der Waals surface area (Å²) in [6, 6.07) is 1.27. The minimum Gasteiger partial charge on any atom is -0.312 e. The molecule has 1 N–H and O–H groups in total. The van der Waals surface area contributed by atoms with Crippen LogP contribution in [0.2, 0.25) is 0 Å². The lowest BCUT2D eigenvalue weighted by atomic mass is 9.83. The largest absolute Gasteiger partial charge is 0.312 e. The van der Waals surface area contributed by atoms with Crippen molar-refractivity contribution in [2.45, 2.75) is 64.1 Å². The van der Waals surface area contributed by atoms with Crippen LogP contribution < -0.4 is 5.32 Å². The van der Waals surface area contributed by atoms with Crippen LogP contribution in [0.4, 0.5) is 0 Å². The first-order valence-electron chi connectivity index (χ1n) is 8.54. The number of rotatable bonds is 3. The van der Waals surface area contributed by atoms with Crippen molar-refractivity contribution >= 4 is 0 Å². The predicted molar refractivity (Wildman–Crippen MR) is 83.9 cm³/mol. The molecule has 2 fully saturated rings. The van der Waals surface area contributed by atoms with Gasteiger partial charge in [-0.05, 0) is 38.6 Å². The fraction of sp³-hybridized carbons (Fsp3) is 0.875. The van der Waals surface area contributed by atoms with Gasteiger partial charge >= 0.3 is 0 Å². The summed E-state index contributed by atoms with van der Waals surface area (Å²) in [6.45, 7) is 5.57. The van der Waals surface area contributed by atoms with Gasteiger partial charge in [0.1, 0.15) is 12.2 Å². The number of nitrogens with zero attached hydrogens (tertiary/aromatic N) is 4. The Morgan fingerprint density at radius 3 is 2.76 bits per heavy atom. The monoisotopic (exact) mass is 291 g/mol. The van der Waals surface area contributed by atoms with Gasteiger partial charge in [0, 0.05) is 25.7 Å². The molecule has 21 heavy (non-hydrogen) atoms. The first-order valence-corrected chi connectivity index (χ1v) is 8.54. The van der Waals surface area contributed by atoms with Crippen LogP contribution >= 0.6 is 0 Å². The van der Waals surface area contributed by atoms with Gasteiger partial charge < -0.3 is 5.32 Å². The molecule has 5 heteroatoms. The second-order valence-electron chi connectivity index (χ2n) is 6.83. The summed E-state index contributed by atoms with van der Waals surface area (Å²) < 4.78 is 1.90. The van der Waals surface area contributed by atoms with Crippen LogP contribution in [-0.2, 0) is 13.6 Å². The molecule has 0 aromatic carbocycles. The van der Waals surface area contributed by atoms with Gasteiger partial charge in [-0.3, -0.25) is 9.58 Å². The Balaban J connectivity index is 1.67. The summed E-state index contributed by atoms with van der Waals surface area (Å²) in [5, 5.41) is 8.02. The standard InChI is InChI=1S/C16H29N5/c1-13-8-9-17-15(14-6-4-3-5-7-14)10-21(13)11-16-18-12-19-20(16)2/h12-15,17H,3-11H2,1-2H3. The number of aryl methyl sites for hydroxylation is 1. The second-order valence-corrected chi connectivity index (χ2v) is 6.83. The van der Waals surface area contributed by atoms with Gasteiger partial charge in [0.15, 0.2) is 0 Å². The average molecular weight is 291 g/mol. The fourth-order valence-corrected chi connectivity index (χ4v) is 3.87. The van der Waals surface area contributed by atoms with Gasteiger partial charge in [-0.2, -0.15) is 5.10 Å². The summed E-state index contributed by atoms with van der Waals surface area (Å²) in [7, 11) is 1.99. The van der Waals surface area contributed by atoms with Crippen LogP contribution in [0.5, 0.6) is 0 Å². The molecule has 1 saturated heterocycles. The maximum Gasteiger partial charge on any atom is 0.140 e. The summed E-state index contributed by atoms with van der Waals surface area (Å²) in [5.41, 5.74) is 0. The van der Waals surface area contributed by atoms with Gasteiger partial charge in [0.05, 0.1) is 6.54 Å². The molecule has 3 rings (SSSR count). The number of hydrogen-bond donors (Lipinski definition) is 1. The number of nitrogens with one attached hydrogen (secondary N) is 1. The average Bonchev–Trinajstić information content (AvgIpc) is 2.81. The molecule has 0 bridgehead atoms. The SMILES string of the molecule is CC1CCNC(C2CCCCC2)CN1Cc1ncnn1C. The molecule has 0 amide bonds. The Morgan fingerprint density at radius 1 is 1.24 bits per heavy atom. The minimum atomic E-state index is 0.614. The number of aromatic nitrogens is 3. The molecule has 0 spiro atoms. The van der Waals surface area contributed by atoms with Crippen molar-refractivity contribution in [3.8, 4) is 0 Å². The van der Waals surface area contributed by atoms with E-state index < -0.39 is 0 Å². The van der Waals surface area contributed by atoms with Crippen molar-refractivity contribution < 1.29 is 0 Å². The van der Waals surface area contributed by atoms with Crippen molar-refractivity contribution in [2.24, 2.45) is 13.0 Å². The van der Waals surface area contributed by atoms with E-state index in [4.69, 9.17) is 0 Å². The lowest BCUT2D eigenvalue weighted by molar-refractivity contribution is 0.160. The molecular formula is C16H29N5. The minimum absolute atomic E-state index is 0.614. The van der Waals surface area contributed by atoms with E-state index in [2.05, 4.69) is 27.2 Å². The molecule has 0 radical (unpaired) electrons. The maximum atomic E-state index is 4.40. The highest BCUT2D eigenvalue weighted by Gasteiger charge is 2.29. The summed E-state index contributed by atoms with van der Waals surface area (Å²) in [5.74, 6) is 1.94. The van der Waals surface area contributed by atoms with E-state index in [9.17, 15) is 0 Å². The first-order chi connectivity index (χ1) is 10.2. The van der Waals surface area contributed by atoms with Crippen LogP contribution in [-0.4, -0.2) is 44.8 Å². The quantitative estimate of drug-likeness (QED) is 0.924. The lowest BCUT2D eigenvalue weighted by Gasteiger charge is -2.34. The van der Waals surface area contributed by atoms with Gasteiger partial charge in [-0.15, -0.1) is 0 Å². The zero-order valence-electron chi connectivity index (χ0n) is 13.5. The van der Waals surface area contributed by atoms with Gasteiger partial charge in [-0.25, -0.2) is 4.98 Å². The molecule has 5 nitrogen and oxygen atoms in total. The van der Waals surface area contributed by atoms with E-state index >= 15 is 0 Å². The molecular weight excluding hydrogens is 262 g/mol. The third-order valence-electron chi connectivity index (χ3n) is 5.39. The van der Waals surface area contributed by atoms with E-state index in [0.717, 1.165) is 31.4 Å². The summed E-state index contributed by atoms with van der Waals surface area (Å²) in [4.78, 5) is 7.00. The molecule has 118 valence electrons. The first kappa shape index (κ1) is 15.0. The Bertz CT molecular complexity index is 438. The van der Waals surface area contributed by atoms with Gasteiger partial charge in [0.2, 0.25) is 0 Å².